The van der Waals surface area contributed by atoms with Gasteiger partial charge in [-0.05, 0) is 49.7 Å². The summed E-state index contributed by atoms with van der Waals surface area (Å²) in [6, 6.07) is 11.5. The molecule has 2 aliphatic heterocycles. The van der Waals surface area contributed by atoms with E-state index in [0.717, 1.165) is 41.2 Å². The number of nitrogens with zero attached hydrogens (tertiary/aromatic N) is 3. The highest BCUT2D eigenvalue weighted by Crippen LogP contribution is 2.36. The number of benzene rings is 2. The first-order valence-electron chi connectivity index (χ1n) is 10.3. The van der Waals surface area contributed by atoms with Crippen LogP contribution in [0.1, 0.15) is 23.6 Å². The van der Waals surface area contributed by atoms with Crippen LogP contribution in [0.5, 0.6) is 0 Å². The Balaban J connectivity index is 1.82. The lowest BCUT2D eigenvalue weighted by Gasteiger charge is -2.36. The molecular weight excluding hydrogens is 381 g/mol. The SMILES string of the molecule is CCN1CCN(C2=C(c3ccc(C)cc3C)C(=O)N(c3cccc(F)c3)C2=O)CC1. The molecule has 2 heterocycles. The summed E-state index contributed by atoms with van der Waals surface area (Å²) in [6.45, 7) is 10.0. The van der Waals surface area contributed by atoms with Gasteiger partial charge in [-0.2, -0.15) is 0 Å². The minimum Gasteiger partial charge on any atom is -0.364 e. The fourth-order valence-electron chi connectivity index (χ4n) is 4.29. The minimum absolute atomic E-state index is 0.259. The molecule has 0 saturated carbocycles. The third-order valence-corrected chi connectivity index (χ3v) is 5.91. The highest BCUT2D eigenvalue weighted by atomic mass is 19.1. The van der Waals surface area contributed by atoms with E-state index in [0.29, 0.717) is 24.4 Å². The molecule has 2 aromatic rings. The Hall–Kier alpha value is -2.99. The maximum absolute atomic E-state index is 13.9. The van der Waals surface area contributed by atoms with Crippen molar-refractivity contribution in [3.05, 3.63) is 70.7 Å². The predicted molar refractivity (Wildman–Crippen MR) is 115 cm³/mol. The molecule has 0 atom stereocenters. The quantitative estimate of drug-likeness (QED) is 0.729. The van der Waals surface area contributed by atoms with Crippen LogP contribution in [0.25, 0.3) is 5.57 Å². The molecule has 0 bridgehead atoms. The average Bonchev–Trinajstić information content (AvgIpc) is 2.98. The van der Waals surface area contributed by atoms with Gasteiger partial charge in [-0.15, -0.1) is 0 Å². The van der Waals surface area contributed by atoms with Crippen molar-refractivity contribution in [2.75, 3.05) is 37.6 Å². The van der Waals surface area contributed by atoms with Gasteiger partial charge in [-0.3, -0.25) is 9.59 Å². The molecular formula is C24H26FN3O2. The van der Waals surface area contributed by atoms with Crippen LogP contribution >= 0.6 is 0 Å². The van der Waals surface area contributed by atoms with Crippen LogP contribution < -0.4 is 4.90 Å². The average molecular weight is 407 g/mol. The summed E-state index contributed by atoms with van der Waals surface area (Å²) in [6.07, 6.45) is 0. The maximum Gasteiger partial charge on any atom is 0.282 e. The van der Waals surface area contributed by atoms with E-state index < -0.39 is 11.7 Å². The first-order chi connectivity index (χ1) is 14.4. The number of carbonyl (C=O) groups is 2. The van der Waals surface area contributed by atoms with Gasteiger partial charge in [0, 0.05) is 26.2 Å². The molecule has 0 aliphatic carbocycles. The van der Waals surface area contributed by atoms with Crippen molar-refractivity contribution >= 4 is 23.1 Å². The normalized spacial score (nSPS) is 18.0. The van der Waals surface area contributed by atoms with Gasteiger partial charge >= 0.3 is 0 Å². The second-order valence-electron chi connectivity index (χ2n) is 7.89. The van der Waals surface area contributed by atoms with Crippen molar-refractivity contribution in [3.8, 4) is 0 Å². The number of hydrogen-bond donors (Lipinski definition) is 0. The lowest BCUT2D eigenvalue weighted by molar-refractivity contribution is -0.120. The van der Waals surface area contributed by atoms with Crippen LogP contribution in [-0.2, 0) is 9.59 Å². The molecule has 2 aromatic carbocycles. The Bertz CT molecular complexity index is 1040. The molecule has 4 rings (SSSR count). The number of halogens is 1. The van der Waals surface area contributed by atoms with E-state index in [4.69, 9.17) is 0 Å². The highest BCUT2D eigenvalue weighted by molar-refractivity contribution is 6.45. The van der Waals surface area contributed by atoms with Crippen LogP contribution in [0, 0.1) is 19.7 Å². The van der Waals surface area contributed by atoms with Gasteiger partial charge in [0.1, 0.15) is 11.5 Å². The molecule has 2 aliphatic rings. The number of carbonyl (C=O) groups excluding carboxylic acids is 2. The lowest BCUT2D eigenvalue weighted by atomic mass is 9.97. The summed E-state index contributed by atoms with van der Waals surface area (Å²) >= 11 is 0. The number of aryl methyl sites for hydroxylation is 2. The van der Waals surface area contributed by atoms with Gasteiger partial charge in [0.2, 0.25) is 0 Å². The van der Waals surface area contributed by atoms with Crippen LogP contribution in [0.3, 0.4) is 0 Å². The topological polar surface area (TPSA) is 43.9 Å². The predicted octanol–water partition coefficient (Wildman–Crippen LogP) is 3.36. The highest BCUT2D eigenvalue weighted by Gasteiger charge is 2.43. The minimum atomic E-state index is -0.480. The van der Waals surface area contributed by atoms with Crippen LogP contribution in [0.2, 0.25) is 0 Å². The van der Waals surface area contributed by atoms with Gasteiger partial charge in [-0.1, -0.05) is 36.8 Å². The Morgan fingerprint density at radius 2 is 1.67 bits per heavy atom. The molecule has 1 saturated heterocycles. The number of amides is 2. The first-order valence-corrected chi connectivity index (χ1v) is 10.3. The van der Waals surface area contributed by atoms with Crippen molar-refractivity contribution in [1.29, 1.82) is 0 Å². The largest absolute Gasteiger partial charge is 0.364 e. The molecule has 5 nitrogen and oxygen atoms in total. The molecule has 156 valence electrons. The zero-order valence-corrected chi connectivity index (χ0v) is 17.6. The van der Waals surface area contributed by atoms with Gasteiger partial charge < -0.3 is 9.80 Å². The van der Waals surface area contributed by atoms with Crippen LogP contribution in [0.15, 0.2) is 48.2 Å². The van der Waals surface area contributed by atoms with E-state index in [1.807, 2.05) is 36.9 Å². The van der Waals surface area contributed by atoms with Crippen molar-refractivity contribution in [1.82, 2.24) is 9.80 Å². The number of piperazine rings is 1. The molecule has 0 N–H and O–H groups in total. The molecule has 0 radical (unpaired) electrons. The monoisotopic (exact) mass is 407 g/mol. The standard InChI is InChI=1S/C24H26FN3O2/c1-4-26-10-12-27(13-11-26)22-21(20-9-8-16(2)14-17(20)3)23(29)28(24(22)30)19-7-5-6-18(25)15-19/h5-9,14-15H,4,10-13H2,1-3H3. The molecule has 1 fully saturated rings. The molecule has 0 aromatic heterocycles. The maximum atomic E-state index is 13.9. The molecule has 2 amide bonds. The summed E-state index contributed by atoms with van der Waals surface area (Å²) in [4.78, 5) is 32.5. The van der Waals surface area contributed by atoms with E-state index >= 15 is 0 Å². The third kappa shape index (κ3) is 3.52. The van der Waals surface area contributed by atoms with E-state index in [9.17, 15) is 14.0 Å². The Kier molecular flexibility index (Phi) is 5.43. The van der Waals surface area contributed by atoms with Crippen LogP contribution in [0.4, 0.5) is 10.1 Å². The molecule has 0 spiro atoms. The van der Waals surface area contributed by atoms with Crippen molar-refractivity contribution in [2.24, 2.45) is 0 Å². The smallest absolute Gasteiger partial charge is 0.282 e. The number of anilines is 1. The summed E-state index contributed by atoms with van der Waals surface area (Å²) in [5.74, 6) is -1.26. The first kappa shape index (κ1) is 20.3. The second kappa shape index (κ2) is 8.03. The van der Waals surface area contributed by atoms with E-state index in [1.54, 1.807) is 6.07 Å². The van der Waals surface area contributed by atoms with Crippen molar-refractivity contribution in [2.45, 2.75) is 20.8 Å². The summed E-state index contributed by atoms with van der Waals surface area (Å²) in [5.41, 5.74) is 3.88. The Labute approximate surface area is 176 Å². The summed E-state index contributed by atoms with van der Waals surface area (Å²) < 4.78 is 13.9. The lowest BCUT2D eigenvalue weighted by Crippen LogP contribution is -2.47. The fourth-order valence-corrected chi connectivity index (χ4v) is 4.29. The Morgan fingerprint density at radius 1 is 0.933 bits per heavy atom. The zero-order chi connectivity index (χ0) is 21.4. The van der Waals surface area contributed by atoms with Crippen molar-refractivity contribution in [3.63, 3.8) is 0 Å². The Morgan fingerprint density at radius 3 is 2.30 bits per heavy atom. The third-order valence-electron chi connectivity index (χ3n) is 5.91. The summed E-state index contributed by atoms with van der Waals surface area (Å²) in [5, 5.41) is 0. The fraction of sp³-hybridized carbons (Fsp3) is 0.333. The zero-order valence-electron chi connectivity index (χ0n) is 17.6. The van der Waals surface area contributed by atoms with Gasteiger partial charge in [0.15, 0.2) is 0 Å². The van der Waals surface area contributed by atoms with Crippen LogP contribution in [-0.4, -0.2) is 54.3 Å². The van der Waals surface area contributed by atoms with Gasteiger partial charge in [0.25, 0.3) is 11.8 Å². The number of rotatable bonds is 4. The van der Waals surface area contributed by atoms with Gasteiger partial charge in [0.05, 0.1) is 11.3 Å². The number of hydrogen-bond acceptors (Lipinski definition) is 4. The van der Waals surface area contributed by atoms with Crippen molar-refractivity contribution < 1.29 is 14.0 Å². The summed E-state index contributed by atoms with van der Waals surface area (Å²) in [7, 11) is 0. The number of imide groups is 1. The molecule has 30 heavy (non-hydrogen) atoms. The molecule has 6 heteroatoms. The number of likely N-dealkylation sites (N-methyl/N-ethyl adjacent to an activating group) is 1. The molecule has 0 unspecified atom stereocenters. The van der Waals surface area contributed by atoms with Gasteiger partial charge in [-0.25, -0.2) is 9.29 Å². The van der Waals surface area contributed by atoms with E-state index in [1.165, 1.54) is 18.2 Å². The second-order valence-corrected chi connectivity index (χ2v) is 7.89. The van der Waals surface area contributed by atoms with E-state index in [-0.39, 0.29) is 11.6 Å². The van der Waals surface area contributed by atoms with E-state index in [2.05, 4.69) is 11.8 Å².